The Labute approximate surface area is 151 Å². The van der Waals surface area contributed by atoms with Gasteiger partial charge in [0.05, 0.1) is 6.10 Å². The van der Waals surface area contributed by atoms with E-state index in [1.807, 2.05) is 18.2 Å². The summed E-state index contributed by atoms with van der Waals surface area (Å²) in [6.07, 6.45) is -0.652. The third kappa shape index (κ3) is 4.55. The lowest BCUT2D eigenvalue weighted by Gasteiger charge is -2.16. The summed E-state index contributed by atoms with van der Waals surface area (Å²) >= 11 is 5.86. The Morgan fingerprint density at radius 1 is 1.16 bits per heavy atom. The highest BCUT2D eigenvalue weighted by atomic mass is 35.5. The van der Waals surface area contributed by atoms with E-state index in [4.69, 9.17) is 21.1 Å². The van der Waals surface area contributed by atoms with Gasteiger partial charge in [-0.1, -0.05) is 29.8 Å². The quantitative estimate of drug-likeness (QED) is 0.563. The Kier molecular flexibility index (Phi) is 5.63. The van der Waals surface area contributed by atoms with Crippen LogP contribution in [-0.2, 0) is 6.54 Å². The van der Waals surface area contributed by atoms with E-state index < -0.39 is 6.10 Å². The molecular formula is C18H20ClN3O3. The molecule has 1 heterocycles. The van der Waals surface area contributed by atoms with Gasteiger partial charge in [0.25, 0.3) is 0 Å². The molecule has 7 heteroatoms. The van der Waals surface area contributed by atoms with Gasteiger partial charge in [-0.2, -0.15) is 0 Å². The number of aliphatic hydroxyl groups is 1. The van der Waals surface area contributed by atoms with Crippen molar-refractivity contribution in [2.45, 2.75) is 12.6 Å². The van der Waals surface area contributed by atoms with Crippen molar-refractivity contribution in [1.29, 1.82) is 0 Å². The smallest absolute Gasteiger partial charge is 0.231 e. The van der Waals surface area contributed by atoms with Gasteiger partial charge in [-0.15, -0.1) is 0 Å². The van der Waals surface area contributed by atoms with Crippen LogP contribution in [0.5, 0.6) is 11.5 Å². The molecule has 0 fully saturated rings. The normalized spacial score (nSPS) is 14.3. The Morgan fingerprint density at radius 2 is 1.92 bits per heavy atom. The summed E-state index contributed by atoms with van der Waals surface area (Å²) in [4.78, 5) is 4.16. The fraction of sp³-hybridized carbons (Fsp3) is 0.278. The largest absolute Gasteiger partial charge is 0.454 e. The molecule has 0 spiro atoms. The van der Waals surface area contributed by atoms with Crippen LogP contribution in [0.1, 0.15) is 17.2 Å². The number of hydrogen-bond donors (Lipinski definition) is 3. The number of aliphatic hydroxyl groups excluding tert-OH is 1. The zero-order valence-electron chi connectivity index (χ0n) is 13.8. The molecular weight excluding hydrogens is 342 g/mol. The molecule has 0 bridgehead atoms. The minimum atomic E-state index is -0.652. The lowest BCUT2D eigenvalue weighted by molar-refractivity contribution is 0.174. The van der Waals surface area contributed by atoms with Crippen LogP contribution in [0.2, 0.25) is 5.02 Å². The van der Waals surface area contributed by atoms with Gasteiger partial charge in [-0.3, -0.25) is 4.99 Å². The summed E-state index contributed by atoms with van der Waals surface area (Å²) in [6.45, 7) is 1.17. The van der Waals surface area contributed by atoms with E-state index in [0.29, 0.717) is 24.1 Å². The number of halogens is 1. The van der Waals surface area contributed by atoms with E-state index >= 15 is 0 Å². The molecule has 2 aromatic carbocycles. The molecule has 25 heavy (non-hydrogen) atoms. The van der Waals surface area contributed by atoms with Gasteiger partial charge in [0.15, 0.2) is 17.5 Å². The average Bonchev–Trinajstić information content (AvgIpc) is 3.10. The first-order valence-corrected chi connectivity index (χ1v) is 8.30. The summed E-state index contributed by atoms with van der Waals surface area (Å²) in [6, 6.07) is 12.9. The van der Waals surface area contributed by atoms with Crippen molar-refractivity contribution in [3.05, 3.63) is 58.6 Å². The van der Waals surface area contributed by atoms with Crippen LogP contribution in [0, 0.1) is 0 Å². The number of nitrogens with zero attached hydrogens (tertiary/aromatic N) is 1. The number of aliphatic imine (C=N–C) groups is 1. The van der Waals surface area contributed by atoms with Crippen molar-refractivity contribution >= 4 is 17.6 Å². The van der Waals surface area contributed by atoms with Crippen LogP contribution in [-0.4, -0.2) is 31.5 Å². The molecule has 1 atom stereocenters. The highest BCUT2D eigenvalue weighted by molar-refractivity contribution is 6.30. The first-order chi connectivity index (χ1) is 12.2. The van der Waals surface area contributed by atoms with E-state index in [-0.39, 0.29) is 6.79 Å². The van der Waals surface area contributed by atoms with Crippen LogP contribution >= 0.6 is 11.6 Å². The summed E-state index contributed by atoms with van der Waals surface area (Å²) in [7, 11) is 1.68. The van der Waals surface area contributed by atoms with Gasteiger partial charge in [0, 0.05) is 25.2 Å². The number of guanidine groups is 1. The predicted octanol–water partition coefficient (Wildman–Crippen LogP) is 2.47. The zero-order valence-corrected chi connectivity index (χ0v) is 14.6. The van der Waals surface area contributed by atoms with Gasteiger partial charge in [0.1, 0.15) is 0 Å². The van der Waals surface area contributed by atoms with E-state index in [1.54, 1.807) is 31.3 Å². The average molecular weight is 362 g/mol. The van der Waals surface area contributed by atoms with Crippen LogP contribution in [0.25, 0.3) is 0 Å². The maximum atomic E-state index is 10.2. The Morgan fingerprint density at radius 3 is 2.68 bits per heavy atom. The molecule has 0 saturated carbocycles. The second kappa shape index (κ2) is 8.09. The molecule has 3 N–H and O–H groups in total. The third-order valence-corrected chi connectivity index (χ3v) is 4.09. The van der Waals surface area contributed by atoms with Gasteiger partial charge >= 0.3 is 0 Å². The SMILES string of the molecule is CN=C(NCc1ccc2c(c1)OCO2)NCC(O)c1ccc(Cl)cc1. The van der Waals surface area contributed by atoms with E-state index in [1.165, 1.54) is 0 Å². The van der Waals surface area contributed by atoms with Crippen LogP contribution in [0.3, 0.4) is 0 Å². The van der Waals surface area contributed by atoms with Crippen molar-refractivity contribution in [3.8, 4) is 11.5 Å². The highest BCUT2D eigenvalue weighted by Crippen LogP contribution is 2.32. The van der Waals surface area contributed by atoms with E-state index in [2.05, 4.69) is 15.6 Å². The Hall–Kier alpha value is -2.44. The number of benzene rings is 2. The molecule has 0 saturated heterocycles. The molecule has 1 unspecified atom stereocenters. The number of rotatable bonds is 5. The Balaban J connectivity index is 1.50. The molecule has 1 aliphatic heterocycles. The van der Waals surface area contributed by atoms with Crippen LogP contribution in [0.4, 0.5) is 0 Å². The lowest BCUT2D eigenvalue weighted by atomic mass is 10.1. The molecule has 1 aliphatic rings. The summed E-state index contributed by atoms with van der Waals surface area (Å²) in [5.41, 5.74) is 1.84. The fourth-order valence-corrected chi connectivity index (χ4v) is 2.58. The molecule has 2 aromatic rings. The van der Waals surface area contributed by atoms with E-state index in [9.17, 15) is 5.11 Å². The first-order valence-electron chi connectivity index (χ1n) is 7.92. The van der Waals surface area contributed by atoms with Gasteiger partial charge in [-0.25, -0.2) is 0 Å². The van der Waals surface area contributed by atoms with Crippen molar-refractivity contribution in [3.63, 3.8) is 0 Å². The van der Waals surface area contributed by atoms with Gasteiger partial charge < -0.3 is 25.2 Å². The second-order valence-corrected chi connectivity index (χ2v) is 6.00. The fourth-order valence-electron chi connectivity index (χ4n) is 2.45. The van der Waals surface area contributed by atoms with Gasteiger partial charge in [-0.05, 0) is 35.4 Å². The monoisotopic (exact) mass is 361 g/mol. The Bertz CT molecular complexity index is 750. The van der Waals surface area contributed by atoms with Crippen molar-refractivity contribution in [2.75, 3.05) is 20.4 Å². The summed E-state index contributed by atoms with van der Waals surface area (Å²) in [5.74, 6) is 2.11. The molecule has 0 radical (unpaired) electrons. The molecule has 0 aliphatic carbocycles. The van der Waals surface area contributed by atoms with Crippen molar-refractivity contribution in [2.24, 2.45) is 4.99 Å². The first kappa shape index (κ1) is 17.4. The lowest BCUT2D eigenvalue weighted by Crippen LogP contribution is -2.39. The highest BCUT2D eigenvalue weighted by Gasteiger charge is 2.13. The minimum Gasteiger partial charge on any atom is -0.454 e. The maximum absolute atomic E-state index is 10.2. The van der Waals surface area contributed by atoms with Crippen LogP contribution in [0.15, 0.2) is 47.5 Å². The molecule has 6 nitrogen and oxygen atoms in total. The summed E-state index contributed by atoms with van der Waals surface area (Å²) < 4.78 is 10.7. The molecule has 3 rings (SSSR count). The minimum absolute atomic E-state index is 0.262. The number of fused-ring (bicyclic) bond motifs is 1. The number of ether oxygens (including phenoxy) is 2. The third-order valence-electron chi connectivity index (χ3n) is 3.84. The number of hydrogen-bond acceptors (Lipinski definition) is 4. The number of nitrogens with one attached hydrogen (secondary N) is 2. The maximum Gasteiger partial charge on any atom is 0.231 e. The molecule has 132 valence electrons. The molecule has 0 amide bonds. The predicted molar refractivity (Wildman–Crippen MR) is 97.2 cm³/mol. The summed E-state index contributed by atoms with van der Waals surface area (Å²) in [5, 5.41) is 17.2. The van der Waals surface area contributed by atoms with Gasteiger partial charge in [0.2, 0.25) is 6.79 Å². The van der Waals surface area contributed by atoms with Crippen LogP contribution < -0.4 is 20.1 Å². The van der Waals surface area contributed by atoms with E-state index in [0.717, 1.165) is 22.6 Å². The molecule has 0 aromatic heterocycles. The zero-order chi connectivity index (χ0) is 17.6. The second-order valence-electron chi connectivity index (χ2n) is 5.56. The van der Waals surface area contributed by atoms with Crippen molar-refractivity contribution in [1.82, 2.24) is 10.6 Å². The van der Waals surface area contributed by atoms with Crippen molar-refractivity contribution < 1.29 is 14.6 Å². The standard InChI is InChI=1S/C18H20ClN3O3/c1-20-18(22-10-15(23)13-3-5-14(19)6-4-13)21-9-12-2-7-16-17(8-12)25-11-24-16/h2-8,15,23H,9-11H2,1H3,(H2,20,21,22). The topological polar surface area (TPSA) is 75.1 Å².